The SMILES string of the molecule is CCC(CNc1nccnc1C#N)N1CCCC1. The fraction of sp³-hybridized carbons (Fsp3) is 0.615. The van der Waals surface area contributed by atoms with Crippen molar-refractivity contribution < 1.29 is 0 Å². The highest BCUT2D eigenvalue weighted by Gasteiger charge is 2.20. The molecule has 96 valence electrons. The van der Waals surface area contributed by atoms with Gasteiger partial charge in [0.2, 0.25) is 0 Å². The van der Waals surface area contributed by atoms with Crippen LogP contribution in [0.5, 0.6) is 0 Å². The molecule has 1 aliphatic rings. The van der Waals surface area contributed by atoms with Crippen LogP contribution in [-0.2, 0) is 0 Å². The lowest BCUT2D eigenvalue weighted by atomic mass is 10.2. The number of nitriles is 1. The molecular weight excluding hydrogens is 226 g/mol. The van der Waals surface area contributed by atoms with Crippen LogP contribution in [0.1, 0.15) is 31.9 Å². The maximum Gasteiger partial charge on any atom is 0.182 e. The summed E-state index contributed by atoms with van der Waals surface area (Å²) in [6.45, 7) is 5.40. The van der Waals surface area contributed by atoms with Crippen LogP contribution in [-0.4, -0.2) is 40.5 Å². The lowest BCUT2D eigenvalue weighted by Crippen LogP contribution is -2.37. The van der Waals surface area contributed by atoms with E-state index in [1.54, 1.807) is 12.4 Å². The number of likely N-dealkylation sites (tertiary alicyclic amines) is 1. The molecule has 1 atom stereocenters. The van der Waals surface area contributed by atoms with Gasteiger partial charge in [-0.25, -0.2) is 9.97 Å². The first kappa shape index (κ1) is 12.8. The molecule has 0 bridgehead atoms. The highest BCUT2D eigenvalue weighted by molar-refractivity contribution is 5.46. The summed E-state index contributed by atoms with van der Waals surface area (Å²) in [6, 6.07) is 2.57. The Morgan fingerprint density at radius 2 is 2.11 bits per heavy atom. The van der Waals surface area contributed by atoms with Crippen LogP contribution >= 0.6 is 0 Å². The third-order valence-corrected chi connectivity index (χ3v) is 3.44. The molecule has 0 radical (unpaired) electrons. The van der Waals surface area contributed by atoms with Gasteiger partial charge in [-0.1, -0.05) is 6.92 Å². The van der Waals surface area contributed by atoms with Gasteiger partial charge in [0.1, 0.15) is 6.07 Å². The Bertz CT molecular complexity index is 420. The maximum absolute atomic E-state index is 8.95. The minimum atomic E-state index is 0.369. The molecule has 5 nitrogen and oxygen atoms in total. The van der Waals surface area contributed by atoms with Crippen molar-refractivity contribution in [1.82, 2.24) is 14.9 Å². The predicted octanol–water partition coefficient (Wildman–Crippen LogP) is 1.63. The molecule has 18 heavy (non-hydrogen) atoms. The molecule has 5 heteroatoms. The molecule has 1 saturated heterocycles. The van der Waals surface area contributed by atoms with Crippen LogP contribution in [0.4, 0.5) is 5.82 Å². The van der Waals surface area contributed by atoms with Crippen molar-refractivity contribution >= 4 is 5.82 Å². The Balaban J connectivity index is 1.95. The van der Waals surface area contributed by atoms with E-state index in [4.69, 9.17) is 5.26 Å². The summed E-state index contributed by atoms with van der Waals surface area (Å²) in [5.41, 5.74) is 0.369. The van der Waals surface area contributed by atoms with E-state index < -0.39 is 0 Å². The van der Waals surface area contributed by atoms with E-state index in [9.17, 15) is 0 Å². The molecule has 2 rings (SSSR count). The topological polar surface area (TPSA) is 64.8 Å². The summed E-state index contributed by atoms with van der Waals surface area (Å²) >= 11 is 0. The van der Waals surface area contributed by atoms with Crippen LogP contribution in [0.2, 0.25) is 0 Å². The van der Waals surface area contributed by atoms with E-state index in [1.807, 2.05) is 0 Å². The molecule has 0 aliphatic carbocycles. The first-order chi connectivity index (χ1) is 8.85. The van der Waals surface area contributed by atoms with Gasteiger partial charge in [-0.05, 0) is 32.4 Å². The normalized spacial score (nSPS) is 17.3. The van der Waals surface area contributed by atoms with Crippen molar-refractivity contribution in [3.63, 3.8) is 0 Å². The van der Waals surface area contributed by atoms with E-state index in [2.05, 4.69) is 33.2 Å². The van der Waals surface area contributed by atoms with Gasteiger partial charge < -0.3 is 5.32 Å². The van der Waals surface area contributed by atoms with Gasteiger partial charge in [0.25, 0.3) is 0 Å². The Labute approximate surface area is 108 Å². The second-order valence-electron chi connectivity index (χ2n) is 4.55. The summed E-state index contributed by atoms with van der Waals surface area (Å²) < 4.78 is 0. The summed E-state index contributed by atoms with van der Waals surface area (Å²) in [4.78, 5) is 10.7. The van der Waals surface area contributed by atoms with Gasteiger partial charge in [0, 0.05) is 25.0 Å². The second-order valence-corrected chi connectivity index (χ2v) is 4.55. The zero-order valence-electron chi connectivity index (χ0n) is 10.8. The summed E-state index contributed by atoms with van der Waals surface area (Å²) in [7, 11) is 0. The lowest BCUT2D eigenvalue weighted by molar-refractivity contribution is 0.246. The average molecular weight is 245 g/mol. The quantitative estimate of drug-likeness (QED) is 0.854. The zero-order valence-corrected chi connectivity index (χ0v) is 10.8. The van der Waals surface area contributed by atoms with Crippen LogP contribution in [0.15, 0.2) is 12.4 Å². The first-order valence-corrected chi connectivity index (χ1v) is 6.54. The minimum Gasteiger partial charge on any atom is -0.366 e. The van der Waals surface area contributed by atoms with Crippen LogP contribution in [0.3, 0.4) is 0 Å². The Morgan fingerprint density at radius 1 is 1.39 bits per heavy atom. The fourth-order valence-electron chi connectivity index (χ4n) is 2.40. The van der Waals surface area contributed by atoms with Crippen molar-refractivity contribution in [1.29, 1.82) is 5.26 Å². The molecule has 0 saturated carbocycles. The first-order valence-electron chi connectivity index (χ1n) is 6.54. The molecule has 2 heterocycles. The molecule has 0 amide bonds. The summed E-state index contributed by atoms with van der Waals surface area (Å²) in [5, 5.41) is 12.2. The van der Waals surface area contributed by atoms with E-state index in [-0.39, 0.29) is 0 Å². The second kappa shape index (κ2) is 6.31. The molecule has 0 spiro atoms. The summed E-state index contributed by atoms with van der Waals surface area (Å²) in [6.07, 6.45) is 6.85. The van der Waals surface area contributed by atoms with Gasteiger partial charge in [-0.3, -0.25) is 4.90 Å². The molecule has 0 aromatic carbocycles. The van der Waals surface area contributed by atoms with Crippen molar-refractivity contribution in [2.24, 2.45) is 0 Å². The third kappa shape index (κ3) is 2.96. The average Bonchev–Trinajstić information content (AvgIpc) is 2.94. The molecule has 1 aliphatic heterocycles. The number of rotatable bonds is 5. The number of nitrogens with one attached hydrogen (secondary N) is 1. The smallest absolute Gasteiger partial charge is 0.182 e. The number of hydrogen-bond acceptors (Lipinski definition) is 5. The minimum absolute atomic E-state index is 0.369. The molecule has 1 aromatic rings. The number of hydrogen-bond donors (Lipinski definition) is 1. The van der Waals surface area contributed by atoms with Gasteiger partial charge in [0.05, 0.1) is 0 Å². The third-order valence-electron chi connectivity index (χ3n) is 3.44. The predicted molar refractivity (Wildman–Crippen MR) is 70.1 cm³/mol. The zero-order chi connectivity index (χ0) is 12.8. The Hall–Kier alpha value is -1.67. The van der Waals surface area contributed by atoms with Crippen molar-refractivity contribution in [2.75, 3.05) is 25.0 Å². The highest BCUT2D eigenvalue weighted by atomic mass is 15.2. The fourth-order valence-corrected chi connectivity index (χ4v) is 2.40. The van der Waals surface area contributed by atoms with Crippen LogP contribution in [0.25, 0.3) is 0 Å². The largest absolute Gasteiger partial charge is 0.366 e. The van der Waals surface area contributed by atoms with Gasteiger partial charge in [-0.15, -0.1) is 0 Å². The molecule has 1 unspecified atom stereocenters. The monoisotopic (exact) mass is 245 g/mol. The van der Waals surface area contributed by atoms with Crippen LogP contribution in [0, 0.1) is 11.3 Å². The number of anilines is 1. The Morgan fingerprint density at radius 3 is 2.78 bits per heavy atom. The van der Waals surface area contributed by atoms with Crippen molar-refractivity contribution in [2.45, 2.75) is 32.2 Å². The van der Waals surface area contributed by atoms with Crippen LogP contribution < -0.4 is 5.32 Å². The van der Waals surface area contributed by atoms with E-state index in [0.717, 1.165) is 13.0 Å². The van der Waals surface area contributed by atoms with Gasteiger partial charge in [0.15, 0.2) is 11.5 Å². The lowest BCUT2D eigenvalue weighted by Gasteiger charge is -2.26. The summed E-state index contributed by atoms with van der Waals surface area (Å²) in [5.74, 6) is 0.595. The molecular formula is C13H19N5. The maximum atomic E-state index is 8.95. The van der Waals surface area contributed by atoms with Gasteiger partial charge >= 0.3 is 0 Å². The Kier molecular flexibility index (Phi) is 4.48. The number of aromatic nitrogens is 2. The van der Waals surface area contributed by atoms with Gasteiger partial charge in [-0.2, -0.15) is 5.26 Å². The van der Waals surface area contributed by atoms with Crippen molar-refractivity contribution in [3.05, 3.63) is 18.1 Å². The van der Waals surface area contributed by atoms with Crippen molar-refractivity contribution in [3.8, 4) is 6.07 Å². The van der Waals surface area contributed by atoms with E-state index >= 15 is 0 Å². The molecule has 1 N–H and O–H groups in total. The van der Waals surface area contributed by atoms with E-state index in [0.29, 0.717) is 17.6 Å². The molecule has 1 fully saturated rings. The standard InChI is InChI=1S/C13H19N5/c1-2-11(18-7-3-4-8-18)10-17-13-12(9-14)15-5-6-16-13/h5-6,11H,2-4,7-8,10H2,1H3,(H,16,17). The number of nitrogens with zero attached hydrogens (tertiary/aromatic N) is 4. The highest BCUT2D eigenvalue weighted by Crippen LogP contribution is 2.15. The van der Waals surface area contributed by atoms with E-state index in [1.165, 1.54) is 25.9 Å². The molecule has 1 aromatic heterocycles.